The molecule has 0 fully saturated rings. The fourth-order valence-electron chi connectivity index (χ4n) is 3.08. The maximum absolute atomic E-state index is 3.50. The standard InChI is InChI=1S/C18H31N/c1-5-7-11-16(6-2)14-15(3)18(19-4)17-12-9-8-10-13-17/h8-10,12-13,15-16,18-19H,5-7,11,14H2,1-4H3. The van der Waals surface area contributed by atoms with Crippen molar-refractivity contribution in [3.05, 3.63) is 35.9 Å². The molecule has 3 unspecified atom stereocenters. The molecule has 108 valence electrons. The van der Waals surface area contributed by atoms with Crippen molar-refractivity contribution in [2.45, 2.75) is 58.9 Å². The predicted molar refractivity (Wildman–Crippen MR) is 85.3 cm³/mol. The number of hydrogen-bond acceptors (Lipinski definition) is 1. The first kappa shape index (κ1) is 16.2. The second-order valence-electron chi connectivity index (χ2n) is 5.81. The maximum Gasteiger partial charge on any atom is 0.0343 e. The van der Waals surface area contributed by atoms with Crippen LogP contribution in [0.25, 0.3) is 0 Å². The molecule has 19 heavy (non-hydrogen) atoms. The third-order valence-corrected chi connectivity index (χ3v) is 4.29. The molecule has 0 aliphatic heterocycles. The van der Waals surface area contributed by atoms with E-state index in [1.807, 2.05) is 0 Å². The minimum Gasteiger partial charge on any atom is -0.313 e. The van der Waals surface area contributed by atoms with E-state index in [1.165, 1.54) is 37.7 Å². The Labute approximate surface area is 119 Å². The highest BCUT2D eigenvalue weighted by Gasteiger charge is 2.20. The molecule has 1 rings (SSSR count). The van der Waals surface area contributed by atoms with E-state index in [-0.39, 0.29) is 0 Å². The van der Waals surface area contributed by atoms with Crippen molar-refractivity contribution >= 4 is 0 Å². The Morgan fingerprint density at radius 2 is 1.79 bits per heavy atom. The zero-order valence-corrected chi connectivity index (χ0v) is 13.2. The summed E-state index contributed by atoms with van der Waals surface area (Å²) in [6, 6.07) is 11.3. The second-order valence-corrected chi connectivity index (χ2v) is 5.81. The molecule has 0 spiro atoms. The van der Waals surface area contributed by atoms with Crippen molar-refractivity contribution in [2.75, 3.05) is 7.05 Å². The molecule has 1 aromatic rings. The van der Waals surface area contributed by atoms with Gasteiger partial charge in [-0.15, -0.1) is 0 Å². The van der Waals surface area contributed by atoms with Crippen LogP contribution in [0.3, 0.4) is 0 Å². The zero-order chi connectivity index (χ0) is 14.1. The summed E-state index contributed by atoms with van der Waals surface area (Å²) in [5.41, 5.74) is 1.42. The topological polar surface area (TPSA) is 12.0 Å². The second kappa shape index (κ2) is 9.14. The zero-order valence-electron chi connectivity index (χ0n) is 13.2. The summed E-state index contributed by atoms with van der Waals surface area (Å²) in [5, 5.41) is 3.50. The smallest absolute Gasteiger partial charge is 0.0343 e. The third-order valence-electron chi connectivity index (χ3n) is 4.29. The number of rotatable bonds is 9. The number of unbranched alkanes of at least 4 members (excludes halogenated alkanes) is 1. The van der Waals surface area contributed by atoms with Gasteiger partial charge in [-0.3, -0.25) is 0 Å². The van der Waals surface area contributed by atoms with Gasteiger partial charge in [0.25, 0.3) is 0 Å². The first-order valence-electron chi connectivity index (χ1n) is 7.95. The molecule has 0 aliphatic rings. The quantitative estimate of drug-likeness (QED) is 0.645. The van der Waals surface area contributed by atoms with Gasteiger partial charge in [-0.05, 0) is 30.9 Å². The highest BCUT2D eigenvalue weighted by molar-refractivity contribution is 5.19. The Bertz CT molecular complexity index is 320. The summed E-state index contributed by atoms with van der Waals surface area (Å²) in [4.78, 5) is 0. The van der Waals surface area contributed by atoms with Crippen LogP contribution in [0.15, 0.2) is 30.3 Å². The summed E-state index contributed by atoms with van der Waals surface area (Å²) >= 11 is 0. The molecule has 0 bridgehead atoms. The van der Waals surface area contributed by atoms with Gasteiger partial charge < -0.3 is 5.32 Å². The minimum atomic E-state index is 0.483. The third kappa shape index (κ3) is 5.36. The molecule has 0 saturated carbocycles. The fourth-order valence-corrected chi connectivity index (χ4v) is 3.08. The number of nitrogens with one attached hydrogen (secondary N) is 1. The highest BCUT2D eigenvalue weighted by atomic mass is 14.9. The van der Waals surface area contributed by atoms with Gasteiger partial charge >= 0.3 is 0 Å². The molecule has 0 amide bonds. The van der Waals surface area contributed by atoms with Crippen molar-refractivity contribution in [1.29, 1.82) is 0 Å². The largest absolute Gasteiger partial charge is 0.313 e. The molecular formula is C18H31N. The van der Waals surface area contributed by atoms with Crippen molar-refractivity contribution < 1.29 is 0 Å². The van der Waals surface area contributed by atoms with E-state index in [1.54, 1.807) is 0 Å². The maximum atomic E-state index is 3.50. The Kier molecular flexibility index (Phi) is 7.81. The Balaban J connectivity index is 2.60. The van der Waals surface area contributed by atoms with Crippen molar-refractivity contribution in [3.63, 3.8) is 0 Å². The molecule has 0 saturated heterocycles. The SMILES string of the molecule is CCCCC(CC)CC(C)C(NC)c1ccccc1. The van der Waals surface area contributed by atoms with Crippen LogP contribution in [-0.2, 0) is 0 Å². The fraction of sp³-hybridized carbons (Fsp3) is 0.667. The summed E-state index contributed by atoms with van der Waals surface area (Å²) in [5.74, 6) is 1.57. The Morgan fingerprint density at radius 1 is 1.11 bits per heavy atom. The lowest BCUT2D eigenvalue weighted by atomic mass is 9.83. The number of benzene rings is 1. The van der Waals surface area contributed by atoms with Gasteiger partial charge in [-0.25, -0.2) is 0 Å². The van der Waals surface area contributed by atoms with Gasteiger partial charge in [0.05, 0.1) is 0 Å². The van der Waals surface area contributed by atoms with Crippen LogP contribution in [-0.4, -0.2) is 7.05 Å². The number of hydrogen-bond donors (Lipinski definition) is 1. The van der Waals surface area contributed by atoms with Gasteiger partial charge in [-0.2, -0.15) is 0 Å². The van der Waals surface area contributed by atoms with Gasteiger partial charge in [-0.1, -0.05) is 76.8 Å². The van der Waals surface area contributed by atoms with Crippen molar-refractivity contribution in [1.82, 2.24) is 5.32 Å². The molecule has 0 radical (unpaired) electrons. The predicted octanol–water partition coefficient (Wildman–Crippen LogP) is 5.19. The van der Waals surface area contributed by atoms with E-state index in [9.17, 15) is 0 Å². The van der Waals surface area contributed by atoms with Gasteiger partial charge in [0.15, 0.2) is 0 Å². The molecule has 3 atom stereocenters. The van der Waals surface area contributed by atoms with E-state index in [4.69, 9.17) is 0 Å². The molecule has 1 N–H and O–H groups in total. The van der Waals surface area contributed by atoms with Gasteiger partial charge in [0.1, 0.15) is 0 Å². The average molecular weight is 261 g/mol. The monoisotopic (exact) mass is 261 g/mol. The van der Waals surface area contributed by atoms with E-state index >= 15 is 0 Å². The van der Waals surface area contributed by atoms with Crippen LogP contribution >= 0.6 is 0 Å². The molecular weight excluding hydrogens is 230 g/mol. The molecule has 1 heteroatoms. The average Bonchev–Trinajstić information content (AvgIpc) is 2.45. The van der Waals surface area contributed by atoms with Crippen LogP contribution in [0.1, 0.15) is 64.5 Å². The highest BCUT2D eigenvalue weighted by Crippen LogP contribution is 2.30. The Morgan fingerprint density at radius 3 is 2.32 bits per heavy atom. The summed E-state index contributed by atoms with van der Waals surface area (Å²) < 4.78 is 0. The van der Waals surface area contributed by atoms with E-state index in [0.717, 1.165) is 5.92 Å². The van der Waals surface area contributed by atoms with Gasteiger partial charge in [0, 0.05) is 6.04 Å². The van der Waals surface area contributed by atoms with Gasteiger partial charge in [0.2, 0.25) is 0 Å². The summed E-state index contributed by atoms with van der Waals surface area (Å²) in [7, 11) is 2.08. The van der Waals surface area contributed by atoms with Crippen LogP contribution in [0.2, 0.25) is 0 Å². The van der Waals surface area contributed by atoms with Crippen molar-refractivity contribution in [2.24, 2.45) is 11.8 Å². The molecule has 0 heterocycles. The van der Waals surface area contributed by atoms with Crippen LogP contribution < -0.4 is 5.32 Å². The normalized spacial score (nSPS) is 16.0. The molecule has 0 aliphatic carbocycles. The first-order chi connectivity index (χ1) is 9.22. The van der Waals surface area contributed by atoms with E-state index in [0.29, 0.717) is 12.0 Å². The lowest BCUT2D eigenvalue weighted by molar-refractivity contribution is 0.298. The van der Waals surface area contributed by atoms with Crippen LogP contribution in [0.5, 0.6) is 0 Å². The Hall–Kier alpha value is -0.820. The molecule has 1 nitrogen and oxygen atoms in total. The lowest BCUT2D eigenvalue weighted by Crippen LogP contribution is -2.25. The lowest BCUT2D eigenvalue weighted by Gasteiger charge is -2.27. The van der Waals surface area contributed by atoms with Crippen LogP contribution in [0, 0.1) is 11.8 Å². The van der Waals surface area contributed by atoms with Crippen molar-refractivity contribution in [3.8, 4) is 0 Å². The minimum absolute atomic E-state index is 0.483. The van der Waals surface area contributed by atoms with E-state index in [2.05, 4.69) is 63.5 Å². The van der Waals surface area contributed by atoms with Crippen LogP contribution in [0.4, 0.5) is 0 Å². The molecule has 0 aromatic heterocycles. The summed E-state index contributed by atoms with van der Waals surface area (Å²) in [6.07, 6.45) is 6.73. The summed E-state index contributed by atoms with van der Waals surface area (Å²) in [6.45, 7) is 7.02. The van der Waals surface area contributed by atoms with E-state index < -0.39 is 0 Å². The molecule has 1 aromatic carbocycles. The first-order valence-corrected chi connectivity index (χ1v) is 7.95.